The number of benzene rings is 1. The molecule has 0 heterocycles. The molecular formula is C17H25N3O2S2. The summed E-state index contributed by atoms with van der Waals surface area (Å²) >= 11 is 5.43. The van der Waals surface area contributed by atoms with Gasteiger partial charge in [-0.1, -0.05) is 12.5 Å². The van der Waals surface area contributed by atoms with Crippen molar-refractivity contribution in [3.8, 4) is 0 Å². The van der Waals surface area contributed by atoms with E-state index in [1.165, 1.54) is 44.1 Å². The standard InChI is InChI=1S/C17H25N3O2S2/c1-11-4-7-14(10-16(11)24(21,22)20(2)3)18-17(23)19-15-9-12-5-6-13(15)8-12/h4,7,10,12-13,15H,5-6,8-9H2,1-3H3,(H2,18,19,23)/t12-,13+,15+/m0/s1. The van der Waals surface area contributed by atoms with Gasteiger partial charge < -0.3 is 10.6 Å². The second-order valence-corrected chi connectivity index (χ2v) is 9.68. The van der Waals surface area contributed by atoms with Crippen LogP contribution in [0.1, 0.15) is 31.2 Å². The first kappa shape index (κ1) is 17.6. The molecule has 1 aromatic carbocycles. The molecule has 24 heavy (non-hydrogen) atoms. The molecule has 132 valence electrons. The second-order valence-electron chi connectivity index (χ2n) is 7.15. The number of rotatable bonds is 4. The molecule has 3 rings (SSSR count). The normalized spacial score (nSPS) is 25.9. The summed E-state index contributed by atoms with van der Waals surface area (Å²) in [4.78, 5) is 0.306. The van der Waals surface area contributed by atoms with Crippen LogP contribution in [0.3, 0.4) is 0 Å². The Morgan fingerprint density at radius 1 is 1.25 bits per heavy atom. The van der Waals surface area contributed by atoms with Gasteiger partial charge in [0.2, 0.25) is 10.0 Å². The van der Waals surface area contributed by atoms with Gasteiger partial charge in [0.05, 0.1) is 4.90 Å². The topological polar surface area (TPSA) is 61.4 Å². The Hall–Kier alpha value is -1.18. The predicted molar refractivity (Wildman–Crippen MR) is 101 cm³/mol. The van der Waals surface area contributed by atoms with E-state index in [2.05, 4.69) is 10.6 Å². The number of anilines is 1. The van der Waals surface area contributed by atoms with Crippen LogP contribution < -0.4 is 10.6 Å². The Bertz CT molecular complexity index is 746. The van der Waals surface area contributed by atoms with Crippen molar-refractivity contribution in [2.45, 2.75) is 43.5 Å². The van der Waals surface area contributed by atoms with E-state index in [1.807, 2.05) is 6.07 Å². The fourth-order valence-electron chi connectivity index (χ4n) is 3.91. The Morgan fingerprint density at radius 2 is 2.00 bits per heavy atom. The lowest BCUT2D eigenvalue weighted by atomic mass is 9.96. The van der Waals surface area contributed by atoms with Crippen molar-refractivity contribution < 1.29 is 8.42 Å². The second kappa shape index (κ2) is 6.61. The first-order valence-electron chi connectivity index (χ1n) is 8.38. The third-order valence-electron chi connectivity index (χ3n) is 5.26. The van der Waals surface area contributed by atoms with Gasteiger partial charge in [-0.2, -0.15) is 0 Å². The number of aryl methyl sites for hydroxylation is 1. The van der Waals surface area contributed by atoms with Crippen LogP contribution in [0, 0.1) is 18.8 Å². The van der Waals surface area contributed by atoms with Crippen LogP contribution in [0.4, 0.5) is 5.69 Å². The number of fused-ring (bicyclic) bond motifs is 2. The average Bonchev–Trinajstić information content (AvgIpc) is 3.11. The Kier molecular flexibility index (Phi) is 4.86. The highest BCUT2D eigenvalue weighted by Crippen LogP contribution is 2.44. The van der Waals surface area contributed by atoms with Crippen LogP contribution in [-0.2, 0) is 10.0 Å². The van der Waals surface area contributed by atoms with Crippen LogP contribution in [0.25, 0.3) is 0 Å². The first-order valence-corrected chi connectivity index (χ1v) is 10.2. The molecule has 2 aliphatic carbocycles. The monoisotopic (exact) mass is 367 g/mol. The molecule has 2 saturated carbocycles. The minimum Gasteiger partial charge on any atom is -0.359 e. The number of hydrogen-bond acceptors (Lipinski definition) is 3. The summed E-state index contributed by atoms with van der Waals surface area (Å²) in [6.45, 7) is 1.80. The molecule has 0 unspecified atom stereocenters. The number of hydrogen-bond donors (Lipinski definition) is 2. The van der Waals surface area contributed by atoms with E-state index in [0.29, 0.717) is 21.7 Å². The zero-order valence-corrected chi connectivity index (χ0v) is 16.0. The molecule has 0 aromatic heterocycles. The van der Waals surface area contributed by atoms with Crippen molar-refractivity contribution in [3.63, 3.8) is 0 Å². The van der Waals surface area contributed by atoms with Crippen LogP contribution in [-0.4, -0.2) is 38.0 Å². The lowest BCUT2D eigenvalue weighted by Gasteiger charge is -2.24. The molecule has 2 bridgehead atoms. The molecule has 0 spiro atoms. The molecule has 3 atom stereocenters. The summed E-state index contributed by atoms with van der Waals surface area (Å²) in [7, 11) is -0.390. The van der Waals surface area contributed by atoms with Crippen molar-refractivity contribution >= 4 is 33.0 Å². The first-order chi connectivity index (χ1) is 11.3. The largest absolute Gasteiger partial charge is 0.359 e. The minimum absolute atomic E-state index is 0.306. The number of sulfonamides is 1. The van der Waals surface area contributed by atoms with E-state index in [1.54, 1.807) is 19.1 Å². The van der Waals surface area contributed by atoms with Gasteiger partial charge >= 0.3 is 0 Å². The Balaban J connectivity index is 1.70. The quantitative estimate of drug-likeness (QED) is 0.801. The summed E-state index contributed by atoms with van der Waals surface area (Å²) < 4.78 is 26.0. The lowest BCUT2D eigenvalue weighted by Crippen LogP contribution is -2.40. The van der Waals surface area contributed by atoms with Gasteiger partial charge in [0.1, 0.15) is 0 Å². The molecule has 7 heteroatoms. The minimum atomic E-state index is -3.47. The summed E-state index contributed by atoms with van der Waals surface area (Å²) in [6, 6.07) is 5.77. The molecule has 1 aromatic rings. The van der Waals surface area contributed by atoms with Crippen molar-refractivity contribution in [1.29, 1.82) is 0 Å². The molecule has 0 radical (unpaired) electrons. The zero-order chi connectivity index (χ0) is 17.5. The van der Waals surface area contributed by atoms with E-state index < -0.39 is 10.0 Å². The van der Waals surface area contributed by atoms with Crippen molar-refractivity contribution in [1.82, 2.24) is 9.62 Å². The summed E-state index contributed by atoms with van der Waals surface area (Å²) in [6.07, 6.45) is 5.16. The van der Waals surface area contributed by atoms with Gasteiger partial charge in [-0.15, -0.1) is 0 Å². The third kappa shape index (κ3) is 3.43. The van der Waals surface area contributed by atoms with Crippen LogP contribution >= 0.6 is 12.2 Å². The molecule has 0 aliphatic heterocycles. The van der Waals surface area contributed by atoms with E-state index in [4.69, 9.17) is 12.2 Å². The van der Waals surface area contributed by atoms with Crippen LogP contribution in [0.15, 0.2) is 23.1 Å². The SMILES string of the molecule is Cc1ccc(NC(=S)N[C@@H]2C[C@H]3CC[C@@H]2C3)cc1S(=O)(=O)N(C)C. The van der Waals surface area contributed by atoms with E-state index in [-0.39, 0.29) is 0 Å². The molecule has 2 N–H and O–H groups in total. The molecular weight excluding hydrogens is 342 g/mol. The molecule has 2 aliphatic rings. The molecule has 2 fully saturated rings. The molecule has 0 saturated heterocycles. The lowest BCUT2D eigenvalue weighted by molar-refractivity contribution is 0.392. The highest BCUT2D eigenvalue weighted by molar-refractivity contribution is 7.89. The molecule has 0 amide bonds. The van der Waals surface area contributed by atoms with Crippen LogP contribution in [0.2, 0.25) is 0 Å². The molecule has 5 nitrogen and oxygen atoms in total. The summed E-state index contributed by atoms with van der Waals surface area (Å²) in [5, 5.41) is 7.13. The van der Waals surface area contributed by atoms with Crippen molar-refractivity contribution in [2.75, 3.05) is 19.4 Å². The summed E-state index contributed by atoms with van der Waals surface area (Å²) in [5.41, 5.74) is 1.42. The fourth-order valence-corrected chi connectivity index (χ4v) is 5.32. The number of nitrogens with zero attached hydrogens (tertiary/aromatic N) is 1. The van der Waals surface area contributed by atoms with E-state index in [0.717, 1.165) is 17.4 Å². The number of thiocarbonyl (C=S) groups is 1. The van der Waals surface area contributed by atoms with E-state index in [9.17, 15) is 8.42 Å². The number of nitrogens with one attached hydrogen (secondary N) is 2. The van der Waals surface area contributed by atoms with Crippen molar-refractivity contribution in [2.24, 2.45) is 11.8 Å². The van der Waals surface area contributed by atoms with Crippen molar-refractivity contribution in [3.05, 3.63) is 23.8 Å². The summed E-state index contributed by atoms with van der Waals surface area (Å²) in [5.74, 6) is 1.59. The Morgan fingerprint density at radius 3 is 2.58 bits per heavy atom. The van der Waals surface area contributed by atoms with Gasteiger partial charge in [-0.3, -0.25) is 0 Å². The predicted octanol–water partition coefficient (Wildman–Crippen LogP) is 2.72. The Labute approximate surface area is 149 Å². The van der Waals surface area contributed by atoms with Gasteiger partial charge in [0, 0.05) is 25.8 Å². The highest BCUT2D eigenvalue weighted by Gasteiger charge is 2.39. The maximum absolute atomic E-state index is 12.4. The maximum Gasteiger partial charge on any atom is 0.242 e. The van der Waals surface area contributed by atoms with Gasteiger partial charge in [0.25, 0.3) is 0 Å². The van der Waals surface area contributed by atoms with Gasteiger partial charge in [0.15, 0.2) is 5.11 Å². The maximum atomic E-state index is 12.4. The highest BCUT2D eigenvalue weighted by atomic mass is 32.2. The van der Waals surface area contributed by atoms with Crippen LogP contribution in [0.5, 0.6) is 0 Å². The smallest absolute Gasteiger partial charge is 0.242 e. The van der Waals surface area contributed by atoms with Gasteiger partial charge in [-0.25, -0.2) is 12.7 Å². The van der Waals surface area contributed by atoms with E-state index >= 15 is 0 Å². The third-order valence-corrected chi connectivity index (χ3v) is 7.44. The fraction of sp³-hybridized carbons (Fsp3) is 0.588. The average molecular weight is 368 g/mol. The zero-order valence-electron chi connectivity index (χ0n) is 14.4. The van der Waals surface area contributed by atoms with Gasteiger partial charge in [-0.05, 0) is 67.9 Å².